The Morgan fingerprint density at radius 1 is 1.47 bits per heavy atom. The number of thiophene rings is 1. The third-order valence-electron chi connectivity index (χ3n) is 2.89. The van der Waals surface area contributed by atoms with Gasteiger partial charge >= 0.3 is 5.97 Å². The fourth-order valence-corrected chi connectivity index (χ4v) is 2.96. The van der Waals surface area contributed by atoms with Gasteiger partial charge in [0.15, 0.2) is 0 Å². The fraction of sp³-hybridized carbons (Fsp3) is 0.643. The molecule has 1 aromatic heterocycles. The minimum absolute atomic E-state index is 0.198. The molecule has 1 aliphatic heterocycles. The van der Waals surface area contributed by atoms with Crippen molar-refractivity contribution in [1.29, 1.82) is 0 Å². The van der Waals surface area contributed by atoms with Gasteiger partial charge in [-0.3, -0.25) is 0 Å². The molecule has 2 rings (SSSR count). The second kappa shape index (κ2) is 6.03. The van der Waals surface area contributed by atoms with Gasteiger partial charge < -0.3 is 14.8 Å². The number of hydrogen-bond acceptors (Lipinski definition) is 5. The lowest BCUT2D eigenvalue weighted by atomic mass is 10.0. The summed E-state index contributed by atoms with van der Waals surface area (Å²) in [6, 6.07) is 1.69. The molecular weight excluding hydrogens is 262 g/mol. The number of rotatable bonds is 4. The van der Waals surface area contributed by atoms with E-state index in [0.717, 1.165) is 18.5 Å². The van der Waals surface area contributed by atoms with E-state index in [0.29, 0.717) is 13.2 Å². The predicted molar refractivity (Wildman–Crippen MR) is 75.4 cm³/mol. The molecule has 1 aliphatic rings. The summed E-state index contributed by atoms with van der Waals surface area (Å²) in [7, 11) is 0. The normalized spacial score (nSPS) is 19.0. The molecule has 0 radical (unpaired) electrons. The van der Waals surface area contributed by atoms with Crippen LogP contribution in [0.4, 0.5) is 0 Å². The summed E-state index contributed by atoms with van der Waals surface area (Å²) in [6.45, 7) is 7.50. The molecule has 1 aromatic rings. The highest BCUT2D eigenvalue weighted by Crippen LogP contribution is 2.28. The summed E-state index contributed by atoms with van der Waals surface area (Å²) < 4.78 is 10.8. The van der Waals surface area contributed by atoms with Gasteiger partial charge in [0.05, 0.1) is 12.2 Å². The largest absolute Gasteiger partial charge is 0.462 e. The molecular formula is C14H21NO3S. The van der Waals surface area contributed by atoms with Crippen LogP contribution in [0.15, 0.2) is 11.4 Å². The Morgan fingerprint density at radius 2 is 2.26 bits per heavy atom. The van der Waals surface area contributed by atoms with Gasteiger partial charge in [-0.15, -0.1) is 11.3 Å². The van der Waals surface area contributed by atoms with Crippen molar-refractivity contribution in [3.05, 3.63) is 21.9 Å². The van der Waals surface area contributed by atoms with Crippen molar-refractivity contribution in [1.82, 2.24) is 5.32 Å². The van der Waals surface area contributed by atoms with Gasteiger partial charge in [-0.1, -0.05) is 0 Å². The van der Waals surface area contributed by atoms with E-state index >= 15 is 0 Å². The van der Waals surface area contributed by atoms with Crippen molar-refractivity contribution in [2.45, 2.75) is 38.8 Å². The molecule has 0 aliphatic carbocycles. The van der Waals surface area contributed by atoms with Crippen molar-refractivity contribution in [2.75, 3.05) is 19.8 Å². The second-order valence-corrected chi connectivity index (χ2v) is 6.57. The van der Waals surface area contributed by atoms with Crippen LogP contribution in [0, 0.1) is 0 Å². The average Bonchev–Trinajstić information content (AvgIpc) is 2.81. The van der Waals surface area contributed by atoms with Gasteiger partial charge in [0, 0.05) is 11.4 Å². The number of hydrogen-bond donors (Lipinski definition) is 1. The van der Waals surface area contributed by atoms with Crippen LogP contribution in [0.5, 0.6) is 0 Å². The first-order chi connectivity index (χ1) is 8.97. The van der Waals surface area contributed by atoms with E-state index in [1.54, 1.807) is 11.3 Å². The molecule has 0 saturated heterocycles. The van der Waals surface area contributed by atoms with Crippen LogP contribution >= 0.6 is 11.3 Å². The molecule has 0 fully saturated rings. The summed E-state index contributed by atoms with van der Waals surface area (Å²) in [5.41, 5.74) is 0.869. The first kappa shape index (κ1) is 14.5. The summed E-state index contributed by atoms with van der Waals surface area (Å²) >= 11 is 1.71. The maximum atomic E-state index is 12.0. The molecule has 0 spiro atoms. The van der Waals surface area contributed by atoms with E-state index in [9.17, 15) is 4.79 Å². The van der Waals surface area contributed by atoms with E-state index in [4.69, 9.17) is 9.47 Å². The first-order valence-corrected chi connectivity index (χ1v) is 7.45. The zero-order valence-electron chi connectivity index (χ0n) is 11.7. The summed E-state index contributed by atoms with van der Waals surface area (Å²) in [5.74, 6) is -0.211. The maximum absolute atomic E-state index is 12.0. The van der Waals surface area contributed by atoms with Crippen LogP contribution in [0.2, 0.25) is 0 Å². The Balaban J connectivity index is 1.82. The molecule has 0 amide bonds. The van der Waals surface area contributed by atoms with Crippen molar-refractivity contribution < 1.29 is 14.3 Å². The van der Waals surface area contributed by atoms with Crippen molar-refractivity contribution >= 4 is 17.3 Å². The zero-order valence-corrected chi connectivity index (χ0v) is 12.5. The number of fused-ring (bicyclic) bond motifs is 1. The monoisotopic (exact) mass is 283 g/mol. The highest BCUT2D eigenvalue weighted by molar-refractivity contribution is 7.10. The van der Waals surface area contributed by atoms with Crippen molar-refractivity contribution in [3.63, 3.8) is 0 Å². The molecule has 1 N–H and O–H groups in total. The third-order valence-corrected chi connectivity index (χ3v) is 3.89. The molecule has 106 valence electrons. The minimum Gasteiger partial charge on any atom is -0.462 e. The number of carbonyl (C=O) groups is 1. The fourth-order valence-electron chi connectivity index (χ4n) is 2.03. The van der Waals surface area contributed by atoms with Crippen LogP contribution in [0.3, 0.4) is 0 Å². The number of esters is 1. The maximum Gasteiger partial charge on any atom is 0.327 e. The summed E-state index contributed by atoms with van der Waals surface area (Å²) in [6.07, 6.45) is 0.990. The lowest BCUT2D eigenvalue weighted by Crippen LogP contribution is -2.36. The van der Waals surface area contributed by atoms with E-state index in [-0.39, 0.29) is 17.6 Å². The minimum atomic E-state index is -0.315. The van der Waals surface area contributed by atoms with Crippen LogP contribution < -0.4 is 5.32 Å². The number of ether oxygens (including phenoxy) is 2. The SMILES string of the molecule is CC(C)(C)OCCOC(=O)C1NCCc2sccc21. The smallest absolute Gasteiger partial charge is 0.327 e. The molecule has 4 nitrogen and oxygen atoms in total. The summed E-state index contributed by atoms with van der Waals surface area (Å²) in [5, 5.41) is 5.24. The van der Waals surface area contributed by atoms with Crippen LogP contribution in [-0.2, 0) is 20.7 Å². The van der Waals surface area contributed by atoms with Gasteiger partial charge in [0.25, 0.3) is 0 Å². The Hall–Kier alpha value is -0.910. The Morgan fingerprint density at radius 3 is 3.00 bits per heavy atom. The first-order valence-electron chi connectivity index (χ1n) is 6.57. The highest BCUT2D eigenvalue weighted by atomic mass is 32.1. The Bertz CT molecular complexity index is 436. The Kier molecular flexibility index (Phi) is 4.60. The zero-order chi connectivity index (χ0) is 13.9. The van der Waals surface area contributed by atoms with Crippen molar-refractivity contribution in [3.8, 4) is 0 Å². The second-order valence-electron chi connectivity index (χ2n) is 5.56. The molecule has 0 aromatic carbocycles. The molecule has 19 heavy (non-hydrogen) atoms. The highest BCUT2D eigenvalue weighted by Gasteiger charge is 2.28. The molecule has 2 heterocycles. The van der Waals surface area contributed by atoms with E-state index in [1.807, 2.05) is 32.2 Å². The van der Waals surface area contributed by atoms with Gasteiger partial charge in [-0.05, 0) is 44.2 Å². The standard InChI is InChI=1S/C14H21NO3S/c1-14(2,3)18-8-7-17-13(16)12-10-5-9-19-11(10)4-6-15-12/h5,9,12,15H,4,6-8H2,1-3H3. The van der Waals surface area contributed by atoms with Gasteiger partial charge in [-0.25, -0.2) is 4.79 Å². The van der Waals surface area contributed by atoms with Gasteiger partial charge in [0.2, 0.25) is 0 Å². The van der Waals surface area contributed by atoms with Crippen LogP contribution in [0.25, 0.3) is 0 Å². The van der Waals surface area contributed by atoms with E-state index in [1.165, 1.54) is 4.88 Å². The van der Waals surface area contributed by atoms with Crippen LogP contribution in [-0.4, -0.2) is 31.3 Å². The quantitative estimate of drug-likeness (QED) is 0.680. The Labute approximate surface area is 118 Å². The lowest BCUT2D eigenvalue weighted by molar-refractivity contribution is -0.149. The average molecular weight is 283 g/mol. The lowest BCUT2D eigenvalue weighted by Gasteiger charge is -2.23. The van der Waals surface area contributed by atoms with Crippen molar-refractivity contribution in [2.24, 2.45) is 0 Å². The molecule has 1 atom stereocenters. The van der Waals surface area contributed by atoms with E-state index < -0.39 is 0 Å². The molecule has 0 saturated carbocycles. The van der Waals surface area contributed by atoms with Gasteiger partial charge in [0.1, 0.15) is 12.6 Å². The van der Waals surface area contributed by atoms with Crippen LogP contribution in [0.1, 0.15) is 37.3 Å². The number of carbonyl (C=O) groups excluding carboxylic acids is 1. The van der Waals surface area contributed by atoms with E-state index in [2.05, 4.69) is 5.32 Å². The summed E-state index contributed by atoms with van der Waals surface area (Å²) in [4.78, 5) is 13.3. The third kappa shape index (κ3) is 4.03. The van der Waals surface area contributed by atoms with Gasteiger partial charge in [-0.2, -0.15) is 0 Å². The number of nitrogens with one attached hydrogen (secondary N) is 1. The molecule has 5 heteroatoms. The predicted octanol–water partition coefficient (Wildman–Crippen LogP) is 2.29. The molecule has 1 unspecified atom stereocenters. The molecule has 0 bridgehead atoms. The topological polar surface area (TPSA) is 47.6 Å².